The summed E-state index contributed by atoms with van der Waals surface area (Å²) in [5, 5.41) is 10.5. The zero-order valence-electron chi connectivity index (χ0n) is 12.0. The molecule has 2 heterocycles. The predicted molar refractivity (Wildman–Crippen MR) is 80.0 cm³/mol. The highest BCUT2D eigenvalue weighted by Gasteiger charge is 2.23. The number of anilines is 1. The summed E-state index contributed by atoms with van der Waals surface area (Å²) in [4.78, 5) is 16.2. The largest absolute Gasteiger partial charge is 0.384 e. The molecule has 0 radical (unpaired) electrons. The van der Waals surface area contributed by atoms with Gasteiger partial charge in [0.1, 0.15) is 6.33 Å². The van der Waals surface area contributed by atoms with Gasteiger partial charge in [-0.3, -0.25) is 9.48 Å². The first-order chi connectivity index (χ1) is 10.2. The average molecular weight is 285 g/mol. The zero-order valence-corrected chi connectivity index (χ0v) is 12.0. The summed E-state index contributed by atoms with van der Waals surface area (Å²) in [5.74, 6) is 1.09. The number of para-hydroxylation sites is 1. The average Bonchev–Trinajstić information content (AvgIpc) is 3.06. The van der Waals surface area contributed by atoms with Crippen LogP contribution in [0.4, 0.5) is 5.69 Å². The molecule has 110 valence electrons. The quantitative estimate of drug-likeness (QED) is 0.862. The maximum atomic E-state index is 12.0. The van der Waals surface area contributed by atoms with Crippen molar-refractivity contribution < 1.29 is 4.79 Å². The van der Waals surface area contributed by atoms with E-state index in [1.807, 2.05) is 19.2 Å². The van der Waals surface area contributed by atoms with Crippen LogP contribution < -0.4 is 10.6 Å². The van der Waals surface area contributed by atoms with Crippen LogP contribution in [0.1, 0.15) is 23.7 Å². The molecule has 1 aromatic carbocycles. The standard InChI is InChI=1S/C15H19N5O/c1-20-10-18-14(19-20)6-7-16-15(21)8-11-9-17-13-5-3-2-4-12(11)13/h2-5,10-11,17H,6-9H2,1H3,(H,16,21). The number of nitrogens with zero attached hydrogens (tertiary/aromatic N) is 3. The first kappa shape index (κ1) is 13.6. The van der Waals surface area contributed by atoms with Crippen LogP contribution in [0.3, 0.4) is 0 Å². The van der Waals surface area contributed by atoms with Crippen LogP contribution >= 0.6 is 0 Å². The Morgan fingerprint density at radius 3 is 3.14 bits per heavy atom. The van der Waals surface area contributed by atoms with E-state index in [4.69, 9.17) is 0 Å². The molecule has 1 aliphatic rings. The molecule has 2 N–H and O–H groups in total. The number of aryl methyl sites for hydroxylation is 1. The minimum absolute atomic E-state index is 0.0782. The van der Waals surface area contributed by atoms with Crippen molar-refractivity contribution in [2.45, 2.75) is 18.8 Å². The van der Waals surface area contributed by atoms with Gasteiger partial charge in [-0.1, -0.05) is 18.2 Å². The second-order valence-corrected chi connectivity index (χ2v) is 5.30. The van der Waals surface area contributed by atoms with Crippen LogP contribution in [-0.4, -0.2) is 33.8 Å². The van der Waals surface area contributed by atoms with Crippen molar-refractivity contribution in [3.05, 3.63) is 42.0 Å². The van der Waals surface area contributed by atoms with Gasteiger partial charge in [0.25, 0.3) is 0 Å². The van der Waals surface area contributed by atoms with E-state index in [2.05, 4.69) is 32.8 Å². The highest BCUT2D eigenvalue weighted by atomic mass is 16.1. The van der Waals surface area contributed by atoms with Crippen LogP contribution in [0.25, 0.3) is 0 Å². The van der Waals surface area contributed by atoms with E-state index in [0.29, 0.717) is 19.4 Å². The fourth-order valence-corrected chi connectivity index (χ4v) is 2.65. The maximum Gasteiger partial charge on any atom is 0.220 e. The van der Waals surface area contributed by atoms with E-state index in [9.17, 15) is 4.79 Å². The molecule has 6 nitrogen and oxygen atoms in total. The van der Waals surface area contributed by atoms with Crippen molar-refractivity contribution in [1.29, 1.82) is 0 Å². The number of hydrogen-bond acceptors (Lipinski definition) is 4. The molecule has 0 spiro atoms. The lowest BCUT2D eigenvalue weighted by Gasteiger charge is -2.10. The second kappa shape index (κ2) is 5.95. The Bertz CT molecular complexity index is 636. The van der Waals surface area contributed by atoms with E-state index in [1.54, 1.807) is 11.0 Å². The number of fused-ring (bicyclic) bond motifs is 1. The third kappa shape index (κ3) is 3.21. The van der Waals surface area contributed by atoms with Gasteiger partial charge in [-0.05, 0) is 11.6 Å². The summed E-state index contributed by atoms with van der Waals surface area (Å²) in [6, 6.07) is 8.17. The van der Waals surface area contributed by atoms with E-state index in [1.165, 1.54) is 5.56 Å². The molecule has 3 rings (SSSR count). The van der Waals surface area contributed by atoms with E-state index in [-0.39, 0.29) is 11.8 Å². The smallest absolute Gasteiger partial charge is 0.220 e. The summed E-state index contributed by atoms with van der Waals surface area (Å²) < 4.78 is 1.66. The summed E-state index contributed by atoms with van der Waals surface area (Å²) in [6.07, 6.45) is 2.84. The molecule has 2 aromatic rings. The van der Waals surface area contributed by atoms with Gasteiger partial charge in [0.2, 0.25) is 5.91 Å². The normalized spacial score (nSPS) is 16.3. The fraction of sp³-hybridized carbons (Fsp3) is 0.400. The van der Waals surface area contributed by atoms with Crippen molar-refractivity contribution in [3.8, 4) is 0 Å². The fourth-order valence-electron chi connectivity index (χ4n) is 2.65. The molecule has 0 saturated carbocycles. The minimum Gasteiger partial charge on any atom is -0.384 e. The molecule has 1 aromatic heterocycles. The lowest BCUT2D eigenvalue weighted by atomic mass is 9.97. The predicted octanol–water partition coefficient (Wildman–Crippen LogP) is 1.07. The Labute approximate surface area is 123 Å². The van der Waals surface area contributed by atoms with Gasteiger partial charge in [0.05, 0.1) is 0 Å². The van der Waals surface area contributed by atoms with Crippen LogP contribution in [0.15, 0.2) is 30.6 Å². The minimum atomic E-state index is 0.0782. The lowest BCUT2D eigenvalue weighted by Crippen LogP contribution is -2.27. The number of aromatic nitrogens is 3. The number of nitrogens with one attached hydrogen (secondary N) is 2. The number of amides is 1. The topological polar surface area (TPSA) is 71.8 Å². The highest BCUT2D eigenvalue weighted by molar-refractivity contribution is 5.78. The Morgan fingerprint density at radius 1 is 1.48 bits per heavy atom. The molecule has 0 aliphatic carbocycles. The zero-order chi connectivity index (χ0) is 14.7. The molecule has 0 fully saturated rings. The van der Waals surface area contributed by atoms with Gasteiger partial charge >= 0.3 is 0 Å². The highest BCUT2D eigenvalue weighted by Crippen LogP contribution is 2.32. The molecule has 0 bridgehead atoms. The molecular weight excluding hydrogens is 266 g/mol. The van der Waals surface area contributed by atoms with Crippen molar-refractivity contribution in [2.24, 2.45) is 7.05 Å². The second-order valence-electron chi connectivity index (χ2n) is 5.30. The summed E-state index contributed by atoms with van der Waals surface area (Å²) in [7, 11) is 1.83. The number of carbonyl (C=O) groups excluding carboxylic acids is 1. The SMILES string of the molecule is Cn1cnc(CCNC(=O)CC2CNc3ccccc32)n1. The monoisotopic (exact) mass is 285 g/mol. The Kier molecular flexibility index (Phi) is 3.85. The molecule has 1 aliphatic heterocycles. The van der Waals surface area contributed by atoms with Gasteiger partial charge in [-0.2, -0.15) is 5.10 Å². The first-order valence-electron chi connectivity index (χ1n) is 7.16. The lowest BCUT2D eigenvalue weighted by molar-refractivity contribution is -0.121. The first-order valence-corrected chi connectivity index (χ1v) is 7.16. The molecule has 1 atom stereocenters. The van der Waals surface area contributed by atoms with Gasteiger partial charge < -0.3 is 10.6 Å². The summed E-state index contributed by atoms with van der Waals surface area (Å²) >= 11 is 0. The van der Waals surface area contributed by atoms with E-state index in [0.717, 1.165) is 18.1 Å². The Morgan fingerprint density at radius 2 is 2.33 bits per heavy atom. The van der Waals surface area contributed by atoms with Gasteiger partial charge in [0.15, 0.2) is 5.82 Å². The van der Waals surface area contributed by atoms with Crippen LogP contribution in [0.5, 0.6) is 0 Å². The molecular formula is C15H19N5O. The van der Waals surface area contributed by atoms with Gasteiger partial charge in [0, 0.05) is 44.6 Å². The van der Waals surface area contributed by atoms with Crippen molar-refractivity contribution in [2.75, 3.05) is 18.4 Å². The van der Waals surface area contributed by atoms with Gasteiger partial charge in [-0.15, -0.1) is 0 Å². The van der Waals surface area contributed by atoms with Crippen molar-refractivity contribution >= 4 is 11.6 Å². The Hall–Kier alpha value is -2.37. The molecule has 21 heavy (non-hydrogen) atoms. The Balaban J connectivity index is 1.47. The third-order valence-electron chi connectivity index (χ3n) is 3.69. The summed E-state index contributed by atoms with van der Waals surface area (Å²) in [5.41, 5.74) is 2.38. The van der Waals surface area contributed by atoms with E-state index < -0.39 is 0 Å². The molecule has 0 saturated heterocycles. The summed E-state index contributed by atoms with van der Waals surface area (Å²) in [6.45, 7) is 1.40. The number of hydrogen-bond donors (Lipinski definition) is 2. The van der Waals surface area contributed by atoms with Crippen molar-refractivity contribution in [1.82, 2.24) is 20.1 Å². The number of rotatable bonds is 5. The molecule has 1 amide bonds. The van der Waals surface area contributed by atoms with Gasteiger partial charge in [-0.25, -0.2) is 4.98 Å². The number of benzene rings is 1. The molecule has 1 unspecified atom stereocenters. The number of carbonyl (C=O) groups is 1. The maximum absolute atomic E-state index is 12.0. The van der Waals surface area contributed by atoms with Crippen LogP contribution in [0.2, 0.25) is 0 Å². The van der Waals surface area contributed by atoms with Crippen LogP contribution in [0, 0.1) is 0 Å². The van der Waals surface area contributed by atoms with Crippen molar-refractivity contribution in [3.63, 3.8) is 0 Å². The van der Waals surface area contributed by atoms with Crippen LogP contribution in [-0.2, 0) is 18.3 Å². The molecule has 6 heteroatoms. The third-order valence-corrected chi connectivity index (χ3v) is 3.69. The van der Waals surface area contributed by atoms with E-state index >= 15 is 0 Å².